The molecule has 28 heavy (non-hydrogen) atoms. The van der Waals surface area contributed by atoms with Crippen LogP contribution in [0.2, 0.25) is 15.1 Å². The molecule has 0 saturated carbocycles. The van der Waals surface area contributed by atoms with E-state index in [0.29, 0.717) is 0 Å². The topological polar surface area (TPSA) is 55.4 Å². The zero-order chi connectivity index (χ0) is 20.9. The summed E-state index contributed by atoms with van der Waals surface area (Å²) in [7, 11) is 0. The summed E-state index contributed by atoms with van der Waals surface area (Å²) in [5.41, 5.74) is -0.594. The van der Waals surface area contributed by atoms with Crippen molar-refractivity contribution in [3.05, 3.63) is 68.7 Å². The molecule has 1 N–H and O–H groups in total. The number of anilines is 1. The Morgan fingerprint density at radius 2 is 1.71 bits per heavy atom. The van der Waals surface area contributed by atoms with Gasteiger partial charge in [-0.25, -0.2) is 4.79 Å². The fourth-order valence-electron chi connectivity index (χ4n) is 2.00. The van der Waals surface area contributed by atoms with Gasteiger partial charge in [0.1, 0.15) is 0 Å². The standard InChI is InChI=1S/C18H11Cl3F3NO3/c19-12-7-13(20)17(14(21)8-12)25-15(26)9-28-16(27)5-4-10-2-1-3-11(6-10)18(22,23)24/h1-8H,9H2,(H,25,26). The van der Waals surface area contributed by atoms with Crippen LogP contribution in [0.1, 0.15) is 11.1 Å². The van der Waals surface area contributed by atoms with Crippen molar-refractivity contribution < 1.29 is 27.5 Å². The number of rotatable bonds is 5. The molecule has 0 spiro atoms. The van der Waals surface area contributed by atoms with Crippen molar-refractivity contribution >= 4 is 58.4 Å². The van der Waals surface area contributed by atoms with Crippen molar-refractivity contribution in [3.8, 4) is 0 Å². The first-order valence-electron chi connectivity index (χ1n) is 7.53. The Balaban J connectivity index is 1.92. The third-order valence-corrected chi connectivity index (χ3v) is 4.06. The van der Waals surface area contributed by atoms with Gasteiger partial charge >= 0.3 is 12.1 Å². The van der Waals surface area contributed by atoms with Gasteiger partial charge in [0.15, 0.2) is 6.61 Å². The zero-order valence-corrected chi connectivity index (χ0v) is 16.1. The largest absolute Gasteiger partial charge is 0.452 e. The fourth-order valence-corrected chi connectivity index (χ4v) is 2.92. The van der Waals surface area contributed by atoms with E-state index in [1.54, 1.807) is 0 Å². The third kappa shape index (κ3) is 6.44. The minimum atomic E-state index is -4.49. The smallest absolute Gasteiger partial charge is 0.416 e. The molecule has 0 radical (unpaired) electrons. The first-order chi connectivity index (χ1) is 13.1. The van der Waals surface area contributed by atoms with Crippen LogP contribution in [0.4, 0.5) is 18.9 Å². The SMILES string of the molecule is O=C(COC(=O)C=Cc1cccc(C(F)(F)F)c1)Nc1c(Cl)cc(Cl)cc1Cl. The highest BCUT2D eigenvalue weighted by Gasteiger charge is 2.30. The summed E-state index contributed by atoms with van der Waals surface area (Å²) in [6.45, 7) is -0.652. The van der Waals surface area contributed by atoms with E-state index in [4.69, 9.17) is 39.5 Å². The number of carbonyl (C=O) groups excluding carboxylic acids is 2. The molecule has 0 atom stereocenters. The first-order valence-corrected chi connectivity index (χ1v) is 8.66. The average molecular weight is 453 g/mol. The Labute approximate surface area is 172 Å². The van der Waals surface area contributed by atoms with E-state index in [2.05, 4.69) is 5.32 Å². The lowest BCUT2D eigenvalue weighted by molar-refractivity contribution is -0.142. The number of nitrogens with one attached hydrogen (secondary N) is 1. The second-order valence-corrected chi connectivity index (χ2v) is 6.61. The summed E-state index contributed by atoms with van der Waals surface area (Å²) >= 11 is 17.6. The molecule has 0 aliphatic carbocycles. The number of benzene rings is 2. The second kappa shape index (κ2) is 9.32. The normalized spacial score (nSPS) is 11.5. The highest BCUT2D eigenvalue weighted by Crippen LogP contribution is 2.33. The molecule has 0 aromatic heterocycles. The van der Waals surface area contributed by atoms with Gasteiger partial charge in [-0.2, -0.15) is 13.2 Å². The summed E-state index contributed by atoms with van der Waals surface area (Å²) in [6.07, 6.45) is -2.44. The third-order valence-electron chi connectivity index (χ3n) is 3.24. The number of amides is 1. The number of carbonyl (C=O) groups is 2. The molecule has 2 aromatic carbocycles. The lowest BCUT2D eigenvalue weighted by Crippen LogP contribution is -2.20. The van der Waals surface area contributed by atoms with Crippen molar-refractivity contribution in [2.45, 2.75) is 6.18 Å². The summed E-state index contributed by atoms with van der Waals surface area (Å²) in [4.78, 5) is 23.5. The molecule has 0 bridgehead atoms. The lowest BCUT2D eigenvalue weighted by atomic mass is 10.1. The minimum Gasteiger partial charge on any atom is -0.452 e. The predicted octanol–water partition coefficient (Wildman–Crippen LogP) is 5.86. The summed E-state index contributed by atoms with van der Waals surface area (Å²) in [5, 5.41) is 2.85. The van der Waals surface area contributed by atoms with Crippen molar-refractivity contribution in [2.24, 2.45) is 0 Å². The molecule has 0 aliphatic heterocycles. The molecule has 2 rings (SSSR count). The zero-order valence-electron chi connectivity index (χ0n) is 13.8. The van der Waals surface area contributed by atoms with Crippen molar-refractivity contribution in [3.63, 3.8) is 0 Å². The molecule has 148 valence electrons. The van der Waals surface area contributed by atoms with E-state index >= 15 is 0 Å². The summed E-state index contributed by atoms with van der Waals surface area (Å²) < 4.78 is 42.7. The molecule has 0 heterocycles. The van der Waals surface area contributed by atoms with Crippen LogP contribution in [-0.4, -0.2) is 18.5 Å². The first kappa shape index (κ1) is 22.1. The number of esters is 1. The van der Waals surface area contributed by atoms with Crippen LogP contribution in [0.25, 0.3) is 6.08 Å². The molecule has 0 fully saturated rings. The Morgan fingerprint density at radius 3 is 2.32 bits per heavy atom. The highest BCUT2D eigenvalue weighted by atomic mass is 35.5. The fraction of sp³-hybridized carbons (Fsp3) is 0.111. The number of ether oxygens (including phenoxy) is 1. The van der Waals surface area contributed by atoms with Crippen molar-refractivity contribution in [1.29, 1.82) is 0 Å². The quantitative estimate of drug-likeness (QED) is 0.457. The van der Waals surface area contributed by atoms with Crippen LogP contribution in [-0.2, 0) is 20.5 Å². The van der Waals surface area contributed by atoms with Crippen molar-refractivity contribution in [1.82, 2.24) is 0 Å². The molecular weight excluding hydrogens is 442 g/mol. The molecular formula is C18H11Cl3F3NO3. The van der Waals surface area contributed by atoms with Crippen LogP contribution >= 0.6 is 34.8 Å². The number of hydrogen-bond donors (Lipinski definition) is 1. The minimum absolute atomic E-state index is 0.0987. The Bertz CT molecular complexity index is 907. The van der Waals surface area contributed by atoms with E-state index in [1.807, 2.05) is 0 Å². The van der Waals surface area contributed by atoms with Gasteiger partial charge in [0.25, 0.3) is 5.91 Å². The molecule has 4 nitrogen and oxygen atoms in total. The maximum atomic E-state index is 12.6. The van der Waals surface area contributed by atoms with Gasteiger partial charge in [0.2, 0.25) is 0 Å². The monoisotopic (exact) mass is 451 g/mol. The van der Waals surface area contributed by atoms with Gasteiger partial charge in [-0.3, -0.25) is 4.79 Å². The van der Waals surface area contributed by atoms with Gasteiger partial charge in [-0.05, 0) is 35.9 Å². The molecule has 10 heteroatoms. The van der Waals surface area contributed by atoms with E-state index in [0.717, 1.165) is 24.3 Å². The predicted molar refractivity (Wildman–Crippen MR) is 102 cm³/mol. The van der Waals surface area contributed by atoms with Crippen LogP contribution in [0.5, 0.6) is 0 Å². The molecule has 0 saturated heterocycles. The maximum Gasteiger partial charge on any atom is 0.416 e. The van der Waals surface area contributed by atoms with E-state index < -0.39 is 30.2 Å². The van der Waals surface area contributed by atoms with E-state index in [9.17, 15) is 22.8 Å². The van der Waals surface area contributed by atoms with Gasteiger partial charge < -0.3 is 10.1 Å². The van der Waals surface area contributed by atoms with Crippen LogP contribution < -0.4 is 5.32 Å². The van der Waals surface area contributed by atoms with E-state index in [-0.39, 0.29) is 26.3 Å². The number of hydrogen-bond acceptors (Lipinski definition) is 3. The second-order valence-electron chi connectivity index (χ2n) is 5.36. The lowest BCUT2D eigenvalue weighted by Gasteiger charge is -2.09. The van der Waals surface area contributed by atoms with Gasteiger partial charge in [0.05, 0.1) is 21.3 Å². The molecule has 2 aromatic rings. The Kier molecular flexibility index (Phi) is 7.35. The Hall–Kier alpha value is -2.22. The number of alkyl halides is 3. The van der Waals surface area contributed by atoms with Gasteiger partial charge in [-0.1, -0.05) is 46.9 Å². The summed E-state index contributed by atoms with van der Waals surface area (Å²) in [6, 6.07) is 7.12. The molecule has 0 aliphatic rings. The van der Waals surface area contributed by atoms with Crippen LogP contribution in [0, 0.1) is 0 Å². The van der Waals surface area contributed by atoms with Gasteiger partial charge in [-0.15, -0.1) is 0 Å². The summed E-state index contributed by atoms with van der Waals surface area (Å²) in [5.74, 6) is -1.63. The van der Waals surface area contributed by atoms with Gasteiger partial charge in [0, 0.05) is 11.1 Å². The van der Waals surface area contributed by atoms with Crippen molar-refractivity contribution in [2.75, 3.05) is 11.9 Å². The Morgan fingerprint density at radius 1 is 1.07 bits per heavy atom. The average Bonchev–Trinajstić information content (AvgIpc) is 2.60. The number of halogens is 6. The maximum absolute atomic E-state index is 12.6. The van der Waals surface area contributed by atoms with Crippen LogP contribution in [0.15, 0.2) is 42.5 Å². The highest BCUT2D eigenvalue weighted by molar-refractivity contribution is 6.42. The molecule has 1 amide bonds. The van der Waals surface area contributed by atoms with Crippen LogP contribution in [0.3, 0.4) is 0 Å². The van der Waals surface area contributed by atoms with E-state index in [1.165, 1.54) is 24.3 Å². The molecule has 0 unspecified atom stereocenters.